The van der Waals surface area contributed by atoms with Gasteiger partial charge in [-0.2, -0.15) is 0 Å². The third-order valence-electron chi connectivity index (χ3n) is 3.60. The molecule has 0 spiro atoms. The summed E-state index contributed by atoms with van der Waals surface area (Å²) in [5.41, 5.74) is 0.479. The molecule has 4 nitrogen and oxygen atoms in total. The highest BCUT2D eigenvalue weighted by Gasteiger charge is 2.24. The summed E-state index contributed by atoms with van der Waals surface area (Å²) in [6.45, 7) is 1.61. The van der Waals surface area contributed by atoms with Crippen molar-refractivity contribution in [2.45, 2.75) is 12.5 Å². The summed E-state index contributed by atoms with van der Waals surface area (Å²) >= 11 is 0. The highest BCUT2D eigenvalue weighted by atomic mass is 19.1. The minimum atomic E-state index is -0.339. The number of halogens is 1. The molecule has 21 heavy (non-hydrogen) atoms. The molecule has 108 valence electrons. The maximum atomic E-state index is 12.8. The van der Waals surface area contributed by atoms with Crippen molar-refractivity contribution >= 4 is 11.7 Å². The molecule has 1 aromatic carbocycles. The van der Waals surface area contributed by atoms with Crippen molar-refractivity contribution in [1.29, 1.82) is 0 Å². The van der Waals surface area contributed by atoms with Crippen LogP contribution in [0.2, 0.25) is 0 Å². The van der Waals surface area contributed by atoms with Gasteiger partial charge in [-0.3, -0.25) is 4.79 Å². The van der Waals surface area contributed by atoms with Crippen molar-refractivity contribution in [1.82, 2.24) is 10.3 Å². The molecule has 1 aromatic heterocycles. The van der Waals surface area contributed by atoms with Gasteiger partial charge in [0.1, 0.15) is 11.6 Å². The minimum absolute atomic E-state index is 0.0876. The monoisotopic (exact) mass is 285 g/mol. The number of benzene rings is 1. The number of anilines is 1. The number of nitrogens with zero attached hydrogens (tertiary/aromatic N) is 2. The third kappa shape index (κ3) is 3.18. The third-order valence-corrected chi connectivity index (χ3v) is 3.60. The Labute approximate surface area is 122 Å². The Morgan fingerprint density at radius 2 is 2.05 bits per heavy atom. The number of amides is 1. The maximum absolute atomic E-state index is 12.8. The number of nitrogens with one attached hydrogen (secondary N) is 1. The van der Waals surface area contributed by atoms with Crippen LogP contribution in [-0.4, -0.2) is 30.0 Å². The van der Waals surface area contributed by atoms with E-state index < -0.39 is 0 Å². The Hall–Kier alpha value is -2.43. The highest BCUT2D eigenvalue weighted by molar-refractivity contribution is 5.94. The lowest BCUT2D eigenvalue weighted by atomic mass is 10.2. The number of aromatic nitrogens is 1. The Morgan fingerprint density at radius 3 is 2.76 bits per heavy atom. The fraction of sp³-hybridized carbons (Fsp3) is 0.250. The first-order valence-corrected chi connectivity index (χ1v) is 6.95. The van der Waals surface area contributed by atoms with E-state index in [1.807, 2.05) is 18.2 Å². The Kier molecular flexibility index (Phi) is 3.81. The van der Waals surface area contributed by atoms with Gasteiger partial charge < -0.3 is 10.2 Å². The Bertz CT molecular complexity index is 615. The molecule has 2 aromatic rings. The average molecular weight is 285 g/mol. The zero-order chi connectivity index (χ0) is 14.7. The van der Waals surface area contributed by atoms with Crippen LogP contribution in [0.25, 0.3) is 0 Å². The summed E-state index contributed by atoms with van der Waals surface area (Å²) in [5, 5.41) is 2.98. The summed E-state index contributed by atoms with van der Waals surface area (Å²) in [6, 6.07) is 11.5. The van der Waals surface area contributed by atoms with Crippen LogP contribution >= 0.6 is 0 Å². The second kappa shape index (κ2) is 5.91. The van der Waals surface area contributed by atoms with Gasteiger partial charge in [-0.25, -0.2) is 9.37 Å². The van der Waals surface area contributed by atoms with Crippen LogP contribution in [0.5, 0.6) is 0 Å². The van der Waals surface area contributed by atoms with Crippen molar-refractivity contribution in [3.63, 3.8) is 0 Å². The van der Waals surface area contributed by atoms with Gasteiger partial charge in [-0.05, 0) is 42.8 Å². The van der Waals surface area contributed by atoms with Gasteiger partial charge in [-0.1, -0.05) is 6.07 Å². The molecule has 1 fully saturated rings. The normalized spacial score (nSPS) is 17.8. The lowest BCUT2D eigenvalue weighted by Crippen LogP contribution is -2.37. The first-order chi connectivity index (χ1) is 10.2. The predicted octanol–water partition coefficient (Wildman–Crippen LogP) is 2.23. The molecule has 0 aliphatic carbocycles. The van der Waals surface area contributed by atoms with Gasteiger partial charge >= 0.3 is 0 Å². The van der Waals surface area contributed by atoms with E-state index in [0.29, 0.717) is 5.56 Å². The molecule has 1 N–H and O–H groups in total. The molecule has 0 bridgehead atoms. The van der Waals surface area contributed by atoms with E-state index in [1.54, 1.807) is 6.20 Å². The van der Waals surface area contributed by atoms with Crippen LogP contribution in [0, 0.1) is 5.82 Å². The summed E-state index contributed by atoms with van der Waals surface area (Å²) in [4.78, 5) is 18.5. The zero-order valence-corrected chi connectivity index (χ0v) is 11.5. The lowest BCUT2D eigenvalue weighted by molar-refractivity contribution is 0.0940. The summed E-state index contributed by atoms with van der Waals surface area (Å²) in [5.74, 6) is 0.424. The molecule has 2 heterocycles. The first kappa shape index (κ1) is 13.5. The molecule has 1 saturated heterocycles. The standard InChI is InChI=1S/C16H16FN3O/c17-13-6-4-12(5-7-13)16(21)19-14-8-10-20(11-14)15-3-1-2-9-18-15/h1-7,9,14H,8,10-11H2,(H,19,21). The summed E-state index contributed by atoms with van der Waals surface area (Å²) < 4.78 is 12.8. The molecule has 1 aliphatic rings. The van der Waals surface area contributed by atoms with Gasteiger partial charge in [0.25, 0.3) is 5.91 Å². The Morgan fingerprint density at radius 1 is 1.24 bits per heavy atom. The Balaban J connectivity index is 1.60. The van der Waals surface area contributed by atoms with Gasteiger partial charge in [-0.15, -0.1) is 0 Å². The van der Waals surface area contributed by atoms with Crippen LogP contribution in [0.1, 0.15) is 16.8 Å². The molecule has 3 rings (SSSR count). The van der Waals surface area contributed by atoms with Crippen LogP contribution < -0.4 is 10.2 Å². The molecular formula is C16H16FN3O. The fourth-order valence-corrected chi connectivity index (χ4v) is 2.50. The highest BCUT2D eigenvalue weighted by Crippen LogP contribution is 2.17. The van der Waals surface area contributed by atoms with Crippen molar-refractivity contribution in [3.8, 4) is 0 Å². The molecule has 1 aliphatic heterocycles. The van der Waals surface area contributed by atoms with Crippen molar-refractivity contribution in [2.75, 3.05) is 18.0 Å². The first-order valence-electron chi connectivity index (χ1n) is 6.95. The molecular weight excluding hydrogens is 269 g/mol. The van der Waals surface area contributed by atoms with Crippen LogP contribution in [-0.2, 0) is 0 Å². The largest absolute Gasteiger partial charge is 0.354 e. The smallest absolute Gasteiger partial charge is 0.251 e. The van der Waals surface area contributed by atoms with E-state index in [4.69, 9.17) is 0 Å². The van der Waals surface area contributed by atoms with Crippen molar-refractivity contribution in [3.05, 3.63) is 60.0 Å². The zero-order valence-electron chi connectivity index (χ0n) is 11.5. The maximum Gasteiger partial charge on any atom is 0.251 e. The van der Waals surface area contributed by atoms with E-state index in [2.05, 4.69) is 15.2 Å². The van der Waals surface area contributed by atoms with Crippen LogP contribution in [0.3, 0.4) is 0 Å². The molecule has 0 radical (unpaired) electrons. The van der Waals surface area contributed by atoms with E-state index in [1.165, 1.54) is 24.3 Å². The molecule has 0 saturated carbocycles. The molecule has 1 unspecified atom stereocenters. The minimum Gasteiger partial charge on any atom is -0.354 e. The summed E-state index contributed by atoms with van der Waals surface area (Å²) in [6.07, 6.45) is 2.64. The lowest BCUT2D eigenvalue weighted by Gasteiger charge is -2.17. The summed E-state index contributed by atoms with van der Waals surface area (Å²) in [7, 11) is 0. The van der Waals surface area contributed by atoms with Crippen LogP contribution in [0.4, 0.5) is 10.2 Å². The number of hydrogen-bond acceptors (Lipinski definition) is 3. The van der Waals surface area contributed by atoms with Crippen LogP contribution in [0.15, 0.2) is 48.7 Å². The van der Waals surface area contributed by atoms with Gasteiger partial charge in [0.05, 0.1) is 0 Å². The molecule has 5 heteroatoms. The predicted molar refractivity (Wildman–Crippen MR) is 78.7 cm³/mol. The molecule has 1 atom stereocenters. The average Bonchev–Trinajstić information content (AvgIpc) is 2.97. The van der Waals surface area contributed by atoms with Crippen molar-refractivity contribution < 1.29 is 9.18 Å². The van der Waals surface area contributed by atoms with Gasteiger partial charge in [0.15, 0.2) is 0 Å². The topological polar surface area (TPSA) is 45.2 Å². The number of hydrogen-bond donors (Lipinski definition) is 1. The van der Waals surface area contributed by atoms with Gasteiger partial charge in [0, 0.05) is 30.9 Å². The number of carbonyl (C=O) groups excluding carboxylic acids is 1. The number of pyridine rings is 1. The second-order valence-corrected chi connectivity index (χ2v) is 5.10. The SMILES string of the molecule is O=C(NC1CCN(c2ccccn2)C1)c1ccc(F)cc1. The van der Waals surface area contributed by atoms with Crippen molar-refractivity contribution in [2.24, 2.45) is 0 Å². The molecule has 1 amide bonds. The number of carbonyl (C=O) groups is 1. The second-order valence-electron chi connectivity index (χ2n) is 5.10. The van der Waals surface area contributed by atoms with E-state index >= 15 is 0 Å². The quantitative estimate of drug-likeness (QED) is 0.940. The van der Waals surface area contributed by atoms with Gasteiger partial charge in [0.2, 0.25) is 0 Å². The van der Waals surface area contributed by atoms with E-state index in [-0.39, 0.29) is 17.8 Å². The number of rotatable bonds is 3. The van der Waals surface area contributed by atoms with E-state index in [0.717, 1.165) is 25.3 Å². The van der Waals surface area contributed by atoms with E-state index in [9.17, 15) is 9.18 Å². The fourth-order valence-electron chi connectivity index (χ4n) is 2.50.